The molecule has 3 unspecified atom stereocenters. The maximum absolute atomic E-state index is 12.0. The van der Waals surface area contributed by atoms with Gasteiger partial charge in [0.2, 0.25) is 0 Å². The Labute approximate surface area is 112 Å². The molecule has 0 heterocycles. The summed E-state index contributed by atoms with van der Waals surface area (Å²) in [6.45, 7) is -0.152. The van der Waals surface area contributed by atoms with Crippen LogP contribution in [0.15, 0.2) is 42.5 Å². The number of ether oxygens (including phenoxy) is 1. The number of hydrogen-bond acceptors (Lipinski definition) is 3. The van der Waals surface area contributed by atoms with Gasteiger partial charge >= 0.3 is 5.97 Å². The standard InChI is InChI=1S/C16H16O3/c17-15(12-4-2-1-3-5-12)10-19-16(18)14-9-11-6-7-13(14)8-11/h1-7,11,13-14H,8-10H2. The second kappa shape index (κ2) is 5.00. The highest BCUT2D eigenvalue weighted by molar-refractivity contribution is 5.98. The lowest BCUT2D eigenvalue weighted by molar-refractivity contribution is -0.148. The van der Waals surface area contributed by atoms with Crippen LogP contribution in [0.2, 0.25) is 0 Å². The normalized spacial score (nSPS) is 27.5. The Morgan fingerprint density at radius 1 is 1.11 bits per heavy atom. The smallest absolute Gasteiger partial charge is 0.310 e. The lowest BCUT2D eigenvalue weighted by Gasteiger charge is -2.16. The number of carbonyl (C=O) groups is 2. The number of rotatable bonds is 4. The summed E-state index contributed by atoms with van der Waals surface area (Å²) in [5.74, 6) is 0.448. The average Bonchev–Trinajstić information content (AvgIpc) is 3.08. The Hall–Kier alpha value is -1.90. The quantitative estimate of drug-likeness (QED) is 0.472. The summed E-state index contributed by atoms with van der Waals surface area (Å²) < 4.78 is 5.17. The molecule has 3 heteroatoms. The van der Waals surface area contributed by atoms with Crippen molar-refractivity contribution >= 4 is 11.8 Å². The van der Waals surface area contributed by atoms with E-state index in [2.05, 4.69) is 12.2 Å². The van der Waals surface area contributed by atoms with Crippen molar-refractivity contribution in [2.24, 2.45) is 17.8 Å². The number of ketones is 1. The topological polar surface area (TPSA) is 43.4 Å². The van der Waals surface area contributed by atoms with Crippen LogP contribution in [-0.2, 0) is 9.53 Å². The third-order valence-electron chi connectivity index (χ3n) is 4.02. The molecule has 2 bridgehead atoms. The van der Waals surface area contributed by atoms with Gasteiger partial charge in [0, 0.05) is 5.56 Å². The summed E-state index contributed by atoms with van der Waals surface area (Å²) in [5.41, 5.74) is 0.586. The van der Waals surface area contributed by atoms with Gasteiger partial charge in [0.05, 0.1) is 5.92 Å². The fourth-order valence-corrected chi connectivity index (χ4v) is 3.00. The molecule has 1 aromatic carbocycles. The van der Waals surface area contributed by atoms with Gasteiger partial charge in [-0.15, -0.1) is 0 Å². The van der Waals surface area contributed by atoms with Crippen molar-refractivity contribution in [1.29, 1.82) is 0 Å². The van der Waals surface area contributed by atoms with Gasteiger partial charge in [-0.05, 0) is 24.7 Å². The molecule has 19 heavy (non-hydrogen) atoms. The second-order valence-electron chi connectivity index (χ2n) is 5.28. The third-order valence-corrected chi connectivity index (χ3v) is 4.02. The van der Waals surface area contributed by atoms with Crippen LogP contribution in [0.25, 0.3) is 0 Å². The summed E-state index contributed by atoms with van der Waals surface area (Å²) in [6.07, 6.45) is 6.23. The van der Waals surface area contributed by atoms with Crippen molar-refractivity contribution < 1.29 is 14.3 Å². The lowest BCUT2D eigenvalue weighted by atomic mass is 9.94. The first-order valence-corrected chi connectivity index (χ1v) is 6.67. The van der Waals surface area contributed by atoms with Gasteiger partial charge in [-0.2, -0.15) is 0 Å². The van der Waals surface area contributed by atoms with Crippen LogP contribution >= 0.6 is 0 Å². The number of Topliss-reactive ketones (excluding diaryl/α,β-unsaturated/α-hetero) is 1. The summed E-state index contributed by atoms with van der Waals surface area (Å²) in [6, 6.07) is 8.92. The zero-order valence-electron chi connectivity index (χ0n) is 10.6. The number of allylic oxidation sites excluding steroid dienone is 2. The first-order chi connectivity index (χ1) is 9.24. The monoisotopic (exact) mass is 256 g/mol. The van der Waals surface area contributed by atoms with Gasteiger partial charge < -0.3 is 4.74 Å². The average molecular weight is 256 g/mol. The second-order valence-corrected chi connectivity index (χ2v) is 5.28. The molecule has 3 nitrogen and oxygen atoms in total. The van der Waals surface area contributed by atoms with E-state index in [1.54, 1.807) is 24.3 Å². The molecule has 1 saturated carbocycles. The van der Waals surface area contributed by atoms with E-state index >= 15 is 0 Å². The zero-order valence-corrected chi connectivity index (χ0v) is 10.6. The Morgan fingerprint density at radius 2 is 1.89 bits per heavy atom. The molecule has 1 aromatic rings. The molecule has 0 aliphatic heterocycles. The number of carbonyl (C=O) groups excluding carboxylic acids is 2. The molecular weight excluding hydrogens is 240 g/mol. The van der Waals surface area contributed by atoms with Gasteiger partial charge in [0.25, 0.3) is 0 Å². The van der Waals surface area contributed by atoms with Crippen molar-refractivity contribution in [3.8, 4) is 0 Å². The SMILES string of the molecule is O=C(COC(=O)C1CC2C=CC1C2)c1ccccc1. The zero-order chi connectivity index (χ0) is 13.2. The highest BCUT2D eigenvalue weighted by atomic mass is 16.5. The minimum Gasteiger partial charge on any atom is -0.457 e. The molecule has 1 fully saturated rings. The van der Waals surface area contributed by atoms with Crippen LogP contribution in [0, 0.1) is 17.8 Å². The van der Waals surface area contributed by atoms with E-state index in [4.69, 9.17) is 4.74 Å². The van der Waals surface area contributed by atoms with Crippen LogP contribution in [0.1, 0.15) is 23.2 Å². The number of esters is 1. The van der Waals surface area contributed by atoms with Gasteiger partial charge in [-0.3, -0.25) is 9.59 Å². The predicted molar refractivity (Wildman–Crippen MR) is 70.6 cm³/mol. The highest BCUT2D eigenvalue weighted by Crippen LogP contribution is 2.43. The maximum Gasteiger partial charge on any atom is 0.310 e. The molecule has 0 N–H and O–H groups in total. The van der Waals surface area contributed by atoms with Crippen LogP contribution in [0.3, 0.4) is 0 Å². The molecule has 0 amide bonds. The summed E-state index contributed by atoms with van der Waals surface area (Å²) in [5, 5.41) is 0. The molecule has 0 spiro atoms. The first-order valence-electron chi connectivity index (χ1n) is 6.67. The van der Waals surface area contributed by atoms with E-state index in [1.807, 2.05) is 6.07 Å². The van der Waals surface area contributed by atoms with Crippen molar-refractivity contribution in [2.45, 2.75) is 12.8 Å². The van der Waals surface area contributed by atoms with Gasteiger partial charge in [-0.1, -0.05) is 42.5 Å². The molecule has 0 radical (unpaired) electrons. The molecule has 98 valence electrons. The van der Waals surface area contributed by atoms with E-state index in [0.717, 1.165) is 12.8 Å². The molecule has 2 aliphatic rings. The molecular formula is C16H16O3. The third kappa shape index (κ3) is 2.46. The first kappa shape index (κ1) is 12.2. The van der Waals surface area contributed by atoms with E-state index in [-0.39, 0.29) is 24.3 Å². The largest absolute Gasteiger partial charge is 0.457 e. The number of hydrogen-bond donors (Lipinski definition) is 0. The summed E-state index contributed by atoms with van der Waals surface area (Å²) in [7, 11) is 0. The molecule has 3 atom stereocenters. The Kier molecular flexibility index (Phi) is 3.20. The molecule has 3 rings (SSSR count). The fraction of sp³-hybridized carbons (Fsp3) is 0.375. The van der Waals surface area contributed by atoms with Crippen molar-refractivity contribution in [3.05, 3.63) is 48.0 Å². The van der Waals surface area contributed by atoms with E-state index in [1.165, 1.54) is 0 Å². The minimum atomic E-state index is -0.221. The minimum absolute atomic E-state index is 0.0430. The van der Waals surface area contributed by atoms with Gasteiger partial charge in [-0.25, -0.2) is 0 Å². The van der Waals surface area contributed by atoms with Crippen molar-refractivity contribution in [1.82, 2.24) is 0 Å². The van der Waals surface area contributed by atoms with Gasteiger partial charge in [0.15, 0.2) is 12.4 Å². The Morgan fingerprint density at radius 3 is 2.53 bits per heavy atom. The lowest BCUT2D eigenvalue weighted by Crippen LogP contribution is -2.24. The predicted octanol–water partition coefficient (Wildman–Crippen LogP) is 2.62. The number of fused-ring (bicyclic) bond motifs is 2. The Balaban J connectivity index is 1.54. The fourth-order valence-electron chi connectivity index (χ4n) is 3.00. The van der Waals surface area contributed by atoms with Gasteiger partial charge in [0.1, 0.15) is 0 Å². The Bertz CT molecular complexity index is 518. The summed E-state index contributed by atoms with van der Waals surface area (Å²) in [4.78, 5) is 23.8. The van der Waals surface area contributed by atoms with Crippen LogP contribution in [0.4, 0.5) is 0 Å². The summed E-state index contributed by atoms with van der Waals surface area (Å²) >= 11 is 0. The van der Waals surface area contributed by atoms with Crippen molar-refractivity contribution in [3.63, 3.8) is 0 Å². The molecule has 0 aromatic heterocycles. The molecule has 0 saturated heterocycles. The van der Waals surface area contributed by atoms with E-state index < -0.39 is 0 Å². The van der Waals surface area contributed by atoms with Crippen LogP contribution in [0.5, 0.6) is 0 Å². The van der Waals surface area contributed by atoms with Crippen LogP contribution < -0.4 is 0 Å². The van der Waals surface area contributed by atoms with E-state index in [9.17, 15) is 9.59 Å². The van der Waals surface area contributed by atoms with E-state index in [0.29, 0.717) is 17.4 Å². The highest BCUT2D eigenvalue weighted by Gasteiger charge is 2.40. The molecule has 2 aliphatic carbocycles. The van der Waals surface area contributed by atoms with Crippen molar-refractivity contribution in [2.75, 3.05) is 6.61 Å². The number of benzene rings is 1. The van der Waals surface area contributed by atoms with Crippen LogP contribution in [-0.4, -0.2) is 18.4 Å². The maximum atomic E-state index is 12.0.